The lowest BCUT2D eigenvalue weighted by molar-refractivity contribution is 0.0963. The molecule has 0 bridgehead atoms. The van der Waals surface area contributed by atoms with E-state index in [-0.39, 0.29) is 5.41 Å². The van der Waals surface area contributed by atoms with Gasteiger partial charge in [0.2, 0.25) is 5.65 Å². The van der Waals surface area contributed by atoms with E-state index in [0.717, 1.165) is 11.1 Å². The number of H-pyrrole nitrogens is 1. The number of rotatable bonds is 3. The Balaban J connectivity index is 2.42. The van der Waals surface area contributed by atoms with Gasteiger partial charge in [-0.05, 0) is 11.6 Å². The predicted octanol–water partition coefficient (Wildman–Crippen LogP) is 0.521. The highest BCUT2D eigenvalue weighted by molar-refractivity contribution is 5.69. The Kier molecular flexibility index (Phi) is 2.37. The number of aromatic nitrogens is 4. The van der Waals surface area contributed by atoms with Crippen LogP contribution in [0.15, 0.2) is 12.3 Å². The number of fused-ring (bicyclic) bond motifs is 1. The first-order valence-electron chi connectivity index (χ1n) is 4.62. The van der Waals surface area contributed by atoms with Crippen LogP contribution < -0.4 is 5.90 Å². The van der Waals surface area contributed by atoms with Gasteiger partial charge in [-0.3, -0.25) is 0 Å². The first kappa shape index (κ1) is 10.0. The van der Waals surface area contributed by atoms with Gasteiger partial charge in [-0.1, -0.05) is 13.8 Å². The fourth-order valence-electron chi connectivity index (χ4n) is 1.40. The first-order valence-corrected chi connectivity index (χ1v) is 4.62. The van der Waals surface area contributed by atoms with Crippen molar-refractivity contribution in [1.29, 1.82) is 0 Å². The fraction of sp³-hybridized carbons (Fsp3) is 0.444. The molecular formula is C9H13N5O. The van der Waals surface area contributed by atoms with Crippen molar-refractivity contribution in [3.8, 4) is 0 Å². The number of nitrogens with two attached hydrogens (primary N) is 1. The van der Waals surface area contributed by atoms with E-state index in [4.69, 9.17) is 5.90 Å². The second-order valence-electron chi connectivity index (χ2n) is 4.09. The van der Waals surface area contributed by atoms with E-state index in [1.165, 1.54) is 0 Å². The van der Waals surface area contributed by atoms with Gasteiger partial charge in [0.1, 0.15) is 5.52 Å². The van der Waals surface area contributed by atoms with Gasteiger partial charge in [0, 0.05) is 11.6 Å². The minimum absolute atomic E-state index is 0.186. The molecule has 2 aromatic heterocycles. The molecule has 0 aliphatic heterocycles. The Bertz CT molecular complexity index is 464. The quantitative estimate of drug-likeness (QED) is 0.716. The summed E-state index contributed by atoms with van der Waals surface area (Å²) in [6.45, 7) is 4.49. The van der Waals surface area contributed by atoms with Crippen LogP contribution in [0.25, 0.3) is 11.2 Å². The largest absolute Gasteiger partial charge is 0.304 e. The van der Waals surface area contributed by atoms with E-state index in [1.54, 1.807) is 6.20 Å². The first-order chi connectivity index (χ1) is 7.13. The second-order valence-corrected chi connectivity index (χ2v) is 4.09. The van der Waals surface area contributed by atoms with E-state index in [1.807, 2.05) is 19.9 Å². The maximum absolute atomic E-state index is 5.09. The van der Waals surface area contributed by atoms with E-state index >= 15 is 0 Å². The fourth-order valence-corrected chi connectivity index (χ4v) is 1.40. The van der Waals surface area contributed by atoms with Crippen LogP contribution in [0.2, 0.25) is 0 Å². The molecule has 0 amide bonds. The molecule has 2 aromatic rings. The molecule has 0 aliphatic rings. The average Bonchev–Trinajstić information content (AvgIpc) is 2.63. The lowest BCUT2D eigenvalue weighted by atomic mass is 9.87. The van der Waals surface area contributed by atoms with Gasteiger partial charge in [-0.25, -0.2) is 10.9 Å². The van der Waals surface area contributed by atoms with Crippen molar-refractivity contribution in [3.05, 3.63) is 17.8 Å². The maximum atomic E-state index is 5.09. The highest BCUT2D eigenvalue weighted by Crippen LogP contribution is 2.23. The van der Waals surface area contributed by atoms with Crippen LogP contribution in [0.3, 0.4) is 0 Å². The predicted molar refractivity (Wildman–Crippen MR) is 54.8 cm³/mol. The zero-order valence-electron chi connectivity index (χ0n) is 8.69. The molecule has 0 saturated carbocycles. The van der Waals surface area contributed by atoms with E-state index in [9.17, 15) is 0 Å². The smallest absolute Gasteiger partial charge is 0.201 e. The zero-order valence-corrected chi connectivity index (χ0v) is 8.69. The molecule has 0 fully saturated rings. The number of nitrogens with one attached hydrogen (secondary N) is 1. The van der Waals surface area contributed by atoms with Gasteiger partial charge in [-0.15, -0.1) is 5.10 Å². The zero-order chi connectivity index (χ0) is 10.9. The minimum atomic E-state index is -0.186. The molecule has 15 heavy (non-hydrogen) atoms. The minimum Gasteiger partial charge on any atom is -0.304 e. The number of pyridine rings is 1. The van der Waals surface area contributed by atoms with Crippen molar-refractivity contribution in [3.63, 3.8) is 0 Å². The summed E-state index contributed by atoms with van der Waals surface area (Å²) in [5.74, 6) is 5.09. The SMILES string of the molecule is CC(C)(CON)c1cnc2n[nH]nc2c1. The molecule has 6 heteroatoms. The summed E-state index contributed by atoms with van der Waals surface area (Å²) in [7, 11) is 0. The van der Waals surface area contributed by atoms with Gasteiger partial charge in [-0.2, -0.15) is 10.3 Å². The average molecular weight is 207 g/mol. The van der Waals surface area contributed by atoms with Gasteiger partial charge in [0.05, 0.1) is 6.61 Å². The summed E-state index contributed by atoms with van der Waals surface area (Å²) in [6.07, 6.45) is 1.77. The molecule has 0 radical (unpaired) electrons. The Labute approximate surface area is 86.8 Å². The molecule has 80 valence electrons. The Morgan fingerprint density at radius 1 is 1.47 bits per heavy atom. The van der Waals surface area contributed by atoms with Crippen LogP contribution in [-0.2, 0) is 10.3 Å². The lowest BCUT2D eigenvalue weighted by Gasteiger charge is -2.22. The number of hydrogen-bond donors (Lipinski definition) is 2. The summed E-state index contributed by atoms with van der Waals surface area (Å²) in [6, 6.07) is 1.94. The van der Waals surface area contributed by atoms with Crippen molar-refractivity contribution >= 4 is 11.2 Å². The molecule has 0 unspecified atom stereocenters. The summed E-state index contributed by atoms with van der Waals surface area (Å²) in [5, 5.41) is 10.4. The third kappa shape index (κ3) is 1.81. The van der Waals surface area contributed by atoms with Crippen LogP contribution in [0.5, 0.6) is 0 Å². The van der Waals surface area contributed by atoms with Crippen molar-refractivity contribution in [2.75, 3.05) is 6.61 Å². The number of hydrogen-bond acceptors (Lipinski definition) is 5. The molecule has 0 saturated heterocycles. The highest BCUT2D eigenvalue weighted by Gasteiger charge is 2.22. The summed E-state index contributed by atoms with van der Waals surface area (Å²) >= 11 is 0. The van der Waals surface area contributed by atoms with Crippen LogP contribution in [0.1, 0.15) is 19.4 Å². The lowest BCUT2D eigenvalue weighted by Crippen LogP contribution is -2.26. The monoisotopic (exact) mass is 207 g/mol. The topological polar surface area (TPSA) is 89.7 Å². The molecular weight excluding hydrogens is 194 g/mol. The number of aromatic amines is 1. The highest BCUT2D eigenvalue weighted by atomic mass is 16.6. The van der Waals surface area contributed by atoms with Crippen LogP contribution in [0, 0.1) is 0 Å². The molecule has 2 rings (SSSR count). The van der Waals surface area contributed by atoms with Crippen LogP contribution >= 0.6 is 0 Å². The normalized spacial score (nSPS) is 12.2. The maximum Gasteiger partial charge on any atom is 0.201 e. The molecule has 0 aromatic carbocycles. The third-order valence-corrected chi connectivity index (χ3v) is 2.40. The van der Waals surface area contributed by atoms with Crippen LogP contribution in [-0.4, -0.2) is 27.0 Å². The van der Waals surface area contributed by atoms with Gasteiger partial charge >= 0.3 is 0 Å². The standard InChI is InChI=1S/C9H13N5O/c1-9(2,5-15-10)6-3-7-8(11-4-6)13-14-12-7/h3-4H,5,10H2,1-2H3,(H,11,12,13,14). The molecule has 0 atom stereocenters. The Hall–Kier alpha value is -1.53. The van der Waals surface area contributed by atoms with Gasteiger partial charge in [0.25, 0.3) is 0 Å². The molecule has 0 aliphatic carbocycles. The molecule has 0 spiro atoms. The Morgan fingerprint density at radius 2 is 2.27 bits per heavy atom. The number of nitrogens with zero attached hydrogens (tertiary/aromatic N) is 3. The summed E-state index contributed by atoms with van der Waals surface area (Å²) in [4.78, 5) is 8.87. The summed E-state index contributed by atoms with van der Waals surface area (Å²) < 4.78 is 0. The van der Waals surface area contributed by atoms with Gasteiger partial charge < -0.3 is 4.84 Å². The van der Waals surface area contributed by atoms with Crippen LogP contribution in [0.4, 0.5) is 0 Å². The summed E-state index contributed by atoms with van der Waals surface area (Å²) in [5.41, 5.74) is 2.20. The van der Waals surface area contributed by atoms with E-state index in [2.05, 4.69) is 25.2 Å². The van der Waals surface area contributed by atoms with E-state index in [0.29, 0.717) is 12.3 Å². The second kappa shape index (κ2) is 3.56. The van der Waals surface area contributed by atoms with Crippen molar-refractivity contribution < 1.29 is 4.84 Å². The van der Waals surface area contributed by atoms with E-state index < -0.39 is 0 Å². The molecule has 3 N–H and O–H groups in total. The van der Waals surface area contributed by atoms with Crippen molar-refractivity contribution in [1.82, 2.24) is 20.4 Å². The Morgan fingerprint density at radius 3 is 3.00 bits per heavy atom. The van der Waals surface area contributed by atoms with Crippen molar-refractivity contribution in [2.45, 2.75) is 19.3 Å². The third-order valence-electron chi connectivity index (χ3n) is 2.40. The molecule has 6 nitrogen and oxygen atoms in total. The van der Waals surface area contributed by atoms with Crippen molar-refractivity contribution in [2.24, 2.45) is 5.90 Å². The molecule has 2 heterocycles. The van der Waals surface area contributed by atoms with Gasteiger partial charge in [0.15, 0.2) is 0 Å².